The van der Waals surface area contributed by atoms with Gasteiger partial charge in [-0.3, -0.25) is 4.79 Å². The average molecular weight is 419 g/mol. The molecular formula is C21H26N2O5S. The van der Waals surface area contributed by atoms with E-state index in [2.05, 4.69) is 31.0 Å². The van der Waals surface area contributed by atoms with Crippen LogP contribution in [0, 0.1) is 17.8 Å². The Kier molecular flexibility index (Phi) is 5.99. The van der Waals surface area contributed by atoms with Gasteiger partial charge in [-0.05, 0) is 48.8 Å². The Balaban J connectivity index is 1.33. The number of thioether (sulfide) groups is 1. The van der Waals surface area contributed by atoms with Gasteiger partial charge in [0.15, 0.2) is 11.5 Å². The monoisotopic (exact) mass is 418 g/mol. The molecule has 1 aromatic heterocycles. The highest BCUT2D eigenvalue weighted by Gasteiger charge is 2.33. The van der Waals surface area contributed by atoms with E-state index in [4.69, 9.17) is 18.6 Å². The summed E-state index contributed by atoms with van der Waals surface area (Å²) < 4.78 is 22.2. The van der Waals surface area contributed by atoms with Gasteiger partial charge in [0.05, 0.1) is 0 Å². The van der Waals surface area contributed by atoms with Crippen LogP contribution in [0.4, 0.5) is 0 Å². The SMILES string of the molecule is CC(C)[C@H]1CC[C@H](C)C[C@H]1OC(=O)CSc1nnc(-c2ccc3c(c2)OCO3)o1. The average Bonchev–Trinajstić information content (AvgIpc) is 3.35. The summed E-state index contributed by atoms with van der Waals surface area (Å²) in [5, 5.41) is 8.43. The molecule has 2 aliphatic rings. The smallest absolute Gasteiger partial charge is 0.316 e. The number of carbonyl (C=O) groups is 1. The molecule has 0 radical (unpaired) electrons. The topological polar surface area (TPSA) is 83.7 Å². The first kappa shape index (κ1) is 20.1. The third-order valence-electron chi connectivity index (χ3n) is 5.58. The van der Waals surface area contributed by atoms with Gasteiger partial charge in [0, 0.05) is 5.56 Å². The van der Waals surface area contributed by atoms with Crippen molar-refractivity contribution in [3.8, 4) is 23.0 Å². The van der Waals surface area contributed by atoms with Crippen molar-refractivity contribution in [3.63, 3.8) is 0 Å². The van der Waals surface area contributed by atoms with E-state index in [1.54, 1.807) is 6.07 Å². The van der Waals surface area contributed by atoms with Crippen molar-refractivity contribution >= 4 is 17.7 Å². The zero-order chi connectivity index (χ0) is 20.4. The van der Waals surface area contributed by atoms with Crippen LogP contribution in [0.2, 0.25) is 0 Å². The van der Waals surface area contributed by atoms with Gasteiger partial charge in [-0.2, -0.15) is 0 Å². The fourth-order valence-electron chi connectivity index (χ4n) is 3.99. The first-order chi connectivity index (χ1) is 14.0. The quantitative estimate of drug-likeness (QED) is 0.499. The summed E-state index contributed by atoms with van der Waals surface area (Å²) in [5.41, 5.74) is 0.743. The molecule has 2 heterocycles. The summed E-state index contributed by atoms with van der Waals surface area (Å²) in [6.45, 7) is 6.84. The number of hydrogen-bond acceptors (Lipinski definition) is 8. The van der Waals surface area contributed by atoms with Gasteiger partial charge in [0.1, 0.15) is 11.9 Å². The highest BCUT2D eigenvalue weighted by Crippen LogP contribution is 2.37. The number of carbonyl (C=O) groups excluding carboxylic acids is 1. The third-order valence-corrected chi connectivity index (χ3v) is 6.38. The van der Waals surface area contributed by atoms with E-state index in [-0.39, 0.29) is 24.6 Å². The zero-order valence-electron chi connectivity index (χ0n) is 16.9. The third kappa shape index (κ3) is 4.69. The second-order valence-corrected chi connectivity index (χ2v) is 9.01. The molecule has 0 bridgehead atoms. The predicted octanol–water partition coefficient (Wildman–Crippen LogP) is 4.56. The Bertz CT molecular complexity index is 869. The molecule has 1 aliphatic heterocycles. The van der Waals surface area contributed by atoms with E-state index in [9.17, 15) is 4.79 Å². The summed E-state index contributed by atoms with van der Waals surface area (Å²) in [7, 11) is 0. The number of fused-ring (bicyclic) bond motifs is 1. The van der Waals surface area contributed by atoms with Crippen molar-refractivity contribution in [3.05, 3.63) is 18.2 Å². The Morgan fingerprint density at radius 2 is 2.07 bits per heavy atom. The van der Waals surface area contributed by atoms with Crippen LogP contribution in [0.25, 0.3) is 11.5 Å². The van der Waals surface area contributed by atoms with Gasteiger partial charge in [0.2, 0.25) is 12.7 Å². The van der Waals surface area contributed by atoms with Gasteiger partial charge >= 0.3 is 5.97 Å². The van der Waals surface area contributed by atoms with Crippen LogP contribution in [0.15, 0.2) is 27.8 Å². The molecule has 8 heteroatoms. The predicted molar refractivity (Wildman–Crippen MR) is 108 cm³/mol. The van der Waals surface area contributed by atoms with Crippen LogP contribution >= 0.6 is 11.8 Å². The molecule has 156 valence electrons. The molecule has 1 saturated carbocycles. The minimum atomic E-state index is -0.234. The first-order valence-electron chi connectivity index (χ1n) is 10.1. The molecule has 0 saturated heterocycles. The van der Waals surface area contributed by atoms with Crippen molar-refractivity contribution < 1.29 is 23.4 Å². The Hall–Kier alpha value is -2.22. The van der Waals surface area contributed by atoms with Crippen molar-refractivity contribution in [1.82, 2.24) is 10.2 Å². The molecule has 0 amide bonds. The fraction of sp³-hybridized carbons (Fsp3) is 0.571. The molecule has 3 atom stereocenters. The Morgan fingerprint density at radius 3 is 2.90 bits per heavy atom. The number of hydrogen-bond donors (Lipinski definition) is 0. The van der Waals surface area contributed by atoms with Crippen LogP contribution in [-0.4, -0.2) is 34.8 Å². The van der Waals surface area contributed by atoms with Crippen LogP contribution in [0.1, 0.15) is 40.0 Å². The number of rotatable bonds is 6. The van der Waals surface area contributed by atoms with Crippen molar-refractivity contribution in [1.29, 1.82) is 0 Å². The van der Waals surface area contributed by atoms with E-state index in [0.717, 1.165) is 18.4 Å². The lowest BCUT2D eigenvalue weighted by molar-refractivity contribution is -0.152. The van der Waals surface area contributed by atoms with Gasteiger partial charge in [-0.1, -0.05) is 39.0 Å². The molecule has 1 aliphatic carbocycles. The molecule has 29 heavy (non-hydrogen) atoms. The zero-order valence-corrected chi connectivity index (χ0v) is 17.7. The van der Waals surface area contributed by atoms with Gasteiger partial charge in [-0.15, -0.1) is 10.2 Å². The lowest BCUT2D eigenvalue weighted by Crippen LogP contribution is -2.36. The lowest BCUT2D eigenvalue weighted by atomic mass is 9.75. The minimum Gasteiger partial charge on any atom is -0.461 e. The molecule has 2 aromatic rings. The standard InChI is InChI=1S/C21H26N2O5S/c1-12(2)15-6-4-13(3)8-17(15)27-19(24)10-29-21-23-22-20(28-21)14-5-7-16-18(9-14)26-11-25-16/h5,7,9,12-13,15,17H,4,6,8,10-11H2,1-3H3/t13-,15+,17+/m0/s1. The highest BCUT2D eigenvalue weighted by atomic mass is 32.2. The number of ether oxygens (including phenoxy) is 3. The lowest BCUT2D eigenvalue weighted by Gasteiger charge is -2.36. The molecule has 0 unspecified atom stereocenters. The number of esters is 1. The van der Waals surface area contributed by atoms with Crippen molar-refractivity contribution in [2.24, 2.45) is 17.8 Å². The Morgan fingerprint density at radius 1 is 1.24 bits per heavy atom. The van der Waals surface area contributed by atoms with Crippen LogP contribution in [0.5, 0.6) is 11.5 Å². The summed E-state index contributed by atoms with van der Waals surface area (Å²) in [4.78, 5) is 12.4. The number of benzene rings is 1. The molecule has 7 nitrogen and oxygen atoms in total. The van der Waals surface area contributed by atoms with Crippen molar-refractivity contribution in [2.45, 2.75) is 51.4 Å². The highest BCUT2D eigenvalue weighted by molar-refractivity contribution is 7.99. The maximum Gasteiger partial charge on any atom is 0.316 e. The molecule has 1 aromatic carbocycles. The normalized spacial score (nSPS) is 23.4. The van der Waals surface area contributed by atoms with Gasteiger partial charge in [0.25, 0.3) is 5.22 Å². The van der Waals surface area contributed by atoms with Crippen LogP contribution in [0.3, 0.4) is 0 Å². The molecule has 0 spiro atoms. The van der Waals surface area contributed by atoms with Gasteiger partial charge < -0.3 is 18.6 Å². The molecule has 0 N–H and O–H groups in total. The number of nitrogens with zero attached hydrogens (tertiary/aromatic N) is 2. The van der Waals surface area contributed by atoms with E-state index < -0.39 is 0 Å². The molecule has 1 fully saturated rings. The van der Waals surface area contributed by atoms with Gasteiger partial charge in [-0.25, -0.2) is 0 Å². The van der Waals surface area contributed by atoms with Crippen LogP contribution in [-0.2, 0) is 9.53 Å². The number of aromatic nitrogens is 2. The minimum absolute atomic E-state index is 0.00118. The fourth-order valence-corrected chi connectivity index (χ4v) is 4.53. The largest absolute Gasteiger partial charge is 0.461 e. The second kappa shape index (κ2) is 8.65. The van der Waals surface area contributed by atoms with E-state index >= 15 is 0 Å². The van der Waals surface area contributed by atoms with E-state index in [1.165, 1.54) is 18.2 Å². The summed E-state index contributed by atoms with van der Waals surface area (Å²) in [5.74, 6) is 3.17. The summed E-state index contributed by atoms with van der Waals surface area (Å²) in [6, 6.07) is 5.44. The van der Waals surface area contributed by atoms with E-state index in [1.807, 2.05) is 12.1 Å². The summed E-state index contributed by atoms with van der Waals surface area (Å²) >= 11 is 1.20. The van der Waals surface area contributed by atoms with E-state index in [0.29, 0.717) is 40.4 Å². The maximum absolute atomic E-state index is 12.4. The van der Waals surface area contributed by atoms with Crippen LogP contribution < -0.4 is 9.47 Å². The molecular weight excluding hydrogens is 392 g/mol. The maximum atomic E-state index is 12.4. The second-order valence-electron chi connectivity index (χ2n) is 8.08. The first-order valence-corrected chi connectivity index (χ1v) is 11.0. The van der Waals surface area contributed by atoms with Crippen molar-refractivity contribution in [2.75, 3.05) is 12.5 Å². The Labute approximate surface area is 174 Å². The summed E-state index contributed by atoms with van der Waals surface area (Å²) in [6.07, 6.45) is 3.26. The molecule has 4 rings (SSSR count).